The van der Waals surface area contributed by atoms with Crippen LogP contribution >= 0.6 is 0 Å². The number of hydrogen-bond acceptors (Lipinski definition) is 1. The first-order valence-electron chi connectivity index (χ1n) is 9.47. The predicted molar refractivity (Wildman–Crippen MR) is 84.6 cm³/mol. The summed E-state index contributed by atoms with van der Waals surface area (Å²) in [5.41, 5.74) is 0.746. The highest BCUT2D eigenvalue weighted by Crippen LogP contribution is 2.62. The van der Waals surface area contributed by atoms with Gasteiger partial charge in [0.2, 0.25) is 0 Å². The number of nitrogens with one attached hydrogen (secondary N) is 1. The van der Waals surface area contributed by atoms with E-state index in [0.29, 0.717) is 0 Å². The molecular formula is C19H33N. The quantitative estimate of drug-likeness (QED) is 0.780. The van der Waals surface area contributed by atoms with E-state index in [9.17, 15) is 0 Å². The minimum atomic E-state index is 0.746. The third-order valence-electron chi connectivity index (χ3n) is 7.45. The fourth-order valence-electron chi connectivity index (χ4n) is 6.65. The number of hydrogen-bond donors (Lipinski definition) is 1. The van der Waals surface area contributed by atoms with Gasteiger partial charge in [0, 0.05) is 6.04 Å². The Labute approximate surface area is 125 Å². The summed E-state index contributed by atoms with van der Waals surface area (Å²) in [7, 11) is 0. The van der Waals surface area contributed by atoms with E-state index in [1.165, 1.54) is 38.6 Å². The Kier molecular flexibility index (Phi) is 3.61. The van der Waals surface area contributed by atoms with Crippen LogP contribution in [0.5, 0.6) is 0 Å². The molecule has 4 bridgehead atoms. The lowest BCUT2D eigenvalue weighted by Crippen LogP contribution is -2.51. The van der Waals surface area contributed by atoms with Gasteiger partial charge in [0.25, 0.3) is 0 Å². The molecule has 0 radical (unpaired) electrons. The van der Waals surface area contributed by atoms with Crippen molar-refractivity contribution >= 4 is 0 Å². The van der Waals surface area contributed by atoms with Gasteiger partial charge in [-0.2, -0.15) is 0 Å². The molecule has 0 aromatic rings. The van der Waals surface area contributed by atoms with Crippen LogP contribution in [0.4, 0.5) is 0 Å². The number of rotatable bonds is 4. The fourth-order valence-corrected chi connectivity index (χ4v) is 6.65. The second-order valence-corrected chi connectivity index (χ2v) is 8.92. The Morgan fingerprint density at radius 1 is 0.900 bits per heavy atom. The van der Waals surface area contributed by atoms with Crippen molar-refractivity contribution in [3.63, 3.8) is 0 Å². The van der Waals surface area contributed by atoms with Gasteiger partial charge in [-0.3, -0.25) is 0 Å². The first-order chi connectivity index (χ1) is 9.73. The molecule has 0 aromatic heterocycles. The predicted octanol–water partition coefficient (Wildman–Crippen LogP) is 4.76. The molecule has 1 unspecified atom stereocenters. The average Bonchev–Trinajstić information content (AvgIpc) is 2.44. The minimum absolute atomic E-state index is 0.746. The molecule has 5 fully saturated rings. The lowest BCUT2D eigenvalue weighted by atomic mass is 9.46. The van der Waals surface area contributed by atoms with Crippen LogP contribution in [0.15, 0.2) is 0 Å². The maximum atomic E-state index is 3.95. The first-order valence-corrected chi connectivity index (χ1v) is 9.47. The molecule has 114 valence electrons. The molecule has 5 rings (SSSR count). The van der Waals surface area contributed by atoms with E-state index >= 15 is 0 Å². The van der Waals surface area contributed by atoms with Crippen LogP contribution in [-0.4, -0.2) is 12.6 Å². The Morgan fingerprint density at radius 3 is 2.00 bits per heavy atom. The molecule has 0 saturated heterocycles. The van der Waals surface area contributed by atoms with Crippen LogP contribution in [0.1, 0.15) is 77.6 Å². The van der Waals surface area contributed by atoms with E-state index in [1.54, 1.807) is 38.5 Å². The fraction of sp³-hybridized carbons (Fsp3) is 1.00. The molecular weight excluding hydrogens is 242 g/mol. The van der Waals surface area contributed by atoms with Crippen LogP contribution in [0.25, 0.3) is 0 Å². The van der Waals surface area contributed by atoms with E-state index in [-0.39, 0.29) is 0 Å². The van der Waals surface area contributed by atoms with Gasteiger partial charge in [-0.25, -0.2) is 0 Å². The molecule has 1 heteroatoms. The van der Waals surface area contributed by atoms with Gasteiger partial charge in [-0.1, -0.05) is 26.2 Å². The van der Waals surface area contributed by atoms with Crippen molar-refractivity contribution in [3.05, 3.63) is 0 Å². The first kappa shape index (κ1) is 13.6. The van der Waals surface area contributed by atoms with Crippen LogP contribution < -0.4 is 5.32 Å². The normalized spacial score (nSPS) is 45.8. The lowest BCUT2D eigenvalue weighted by Gasteiger charge is -2.59. The molecule has 0 spiro atoms. The molecule has 5 aliphatic rings. The molecule has 0 aliphatic heterocycles. The third-order valence-corrected chi connectivity index (χ3v) is 7.45. The average molecular weight is 275 g/mol. The van der Waals surface area contributed by atoms with Crippen LogP contribution in [0.2, 0.25) is 0 Å². The molecule has 1 atom stereocenters. The van der Waals surface area contributed by atoms with Crippen molar-refractivity contribution in [2.75, 3.05) is 6.54 Å². The molecule has 0 heterocycles. The van der Waals surface area contributed by atoms with Crippen molar-refractivity contribution < 1.29 is 0 Å². The Bertz CT molecular complexity index is 306. The molecule has 5 aliphatic carbocycles. The van der Waals surface area contributed by atoms with Crippen molar-refractivity contribution in [3.8, 4) is 0 Å². The highest BCUT2D eigenvalue weighted by atomic mass is 14.9. The highest BCUT2D eigenvalue weighted by Gasteiger charge is 2.52. The highest BCUT2D eigenvalue weighted by molar-refractivity contribution is 5.03. The molecule has 0 amide bonds. The topological polar surface area (TPSA) is 12.0 Å². The summed E-state index contributed by atoms with van der Waals surface area (Å²) in [4.78, 5) is 0. The minimum Gasteiger partial charge on any atom is -0.314 e. The van der Waals surface area contributed by atoms with Crippen molar-refractivity contribution in [1.82, 2.24) is 5.32 Å². The summed E-state index contributed by atoms with van der Waals surface area (Å²) >= 11 is 0. The summed E-state index contributed by atoms with van der Waals surface area (Å²) in [6.07, 6.45) is 16.8. The zero-order valence-corrected chi connectivity index (χ0v) is 13.4. The van der Waals surface area contributed by atoms with Crippen LogP contribution in [0.3, 0.4) is 0 Å². The van der Waals surface area contributed by atoms with Gasteiger partial charge in [-0.15, -0.1) is 0 Å². The van der Waals surface area contributed by atoms with Gasteiger partial charge in [0.05, 0.1) is 0 Å². The zero-order chi connectivity index (χ0) is 13.6. The summed E-state index contributed by atoms with van der Waals surface area (Å²) in [5, 5.41) is 3.95. The van der Waals surface area contributed by atoms with Crippen LogP contribution in [0, 0.1) is 29.1 Å². The van der Waals surface area contributed by atoms with E-state index in [2.05, 4.69) is 12.2 Å². The third kappa shape index (κ3) is 2.45. The van der Waals surface area contributed by atoms with E-state index in [1.807, 2.05) is 0 Å². The molecule has 20 heavy (non-hydrogen) atoms. The van der Waals surface area contributed by atoms with Crippen molar-refractivity contribution in [2.24, 2.45) is 29.1 Å². The second kappa shape index (κ2) is 5.30. The van der Waals surface area contributed by atoms with Gasteiger partial charge in [0.1, 0.15) is 0 Å². The second-order valence-electron chi connectivity index (χ2n) is 8.92. The van der Waals surface area contributed by atoms with E-state index in [0.717, 1.165) is 35.1 Å². The van der Waals surface area contributed by atoms with Crippen molar-refractivity contribution in [2.45, 2.75) is 83.6 Å². The maximum Gasteiger partial charge on any atom is 0.00671 e. The van der Waals surface area contributed by atoms with Gasteiger partial charge < -0.3 is 5.32 Å². The monoisotopic (exact) mass is 275 g/mol. The SMILES string of the molecule is CC(CNC1CCCCC1)C12CC3CC(CC(C3)C1)C2. The Balaban J connectivity index is 1.36. The smallest absolute Gasteiger partial charge is 0.00671 e. The van der Waals surface area contributed by atoms with Gasteiger partial charge in [-0.05, 0) is 87.0 Å². The summed E-state index contributed by atoms with van der Waals surface area (Å²) in [6.45, 7) is 3.87. The molecule has 1 nitrogen and oxygen atoms in total. The van der Waals surface area contributed by atoms with Gasteiger partial charge in [0.15, 0.2) is 0 Å². The maximum absolute atomic E-state index is 3.95. The van der Waals surface area contributed by atoms with Crippen molar-refractivity contribution in [1.29, 1.82) is 0 Å². The Morgan fingerprint density at radius 2 is 1.45 bits per heavy atom. The molecule has 1 N–H and O–H groups in total. The van der Waals surface area contributed by atoms with E-state index in [4.69, 9.17) is 0 Å². The summed E-state index contributed by atoms with van der Waals surface area (Å²) in [6, 6.07) is 0.847. The molecule has 5 saturated carbocycles. The standard InChI is InChI=1S/C19H33N/c1-14(13-20-18-5-3-2-4-6-18)19-10-15-7-16(11-19)9-17(8-15)12-19/h14-18,20H,2-13H2,1H3. The zero-order valence-electron chi connectivity index (χ0n) is 13.4. The van der Waals surface area contributed by atoms with Crippen LogP contribution in [-0.2, 0) is 0 Å². The lowest BCUT2D eigenvalue weighted by molar-refractivity contribution is -0.0829. The largest absolute Gasteiger partial charge is 0.314 e. The van der Waals surface area contributed by atoms with E-state index < -0.39 is 0 Å². The Hall–Kier alpha value is -0.0400. The van der Waals surface area contributed by atoms with Gasteiger partial charge >= 0.3 is 0 Å². The summed E-state index contributed by atoms with van der Waals surface area (Å²) < 4.78 is 0. The molecule has 0 aromatic carbocycles. The summed E-state index contributed by atoms with van der Waals surface area (Å²) in [5.74, 6) is 4.24.